The number of hydrogen-bond acceptors (Lipinski definition) is 5. The van der Waals surface area contributed by atoms with Crippen LogP contribution in [0.3, 0.4) is 0 Å². The SMILES string of the molecule is c1ccc(-c2cnc(-c3cccc4c3sc3cc5c6ccccc6n(-c6ccccc6)c5cc34)c(-c3nc(-c4ccccc4)nc(-c4ccccc4)n3)c2)cc1. The second kappa shape index (κ2) is 13.2. The van der Waals surface area contributed by atoms with E-state index >= 15 is 0 Å². The molecule has 0 radical (unpaired) electrons. The Bertz CT molecular complexity index is 3170. The number of nitrogens with zero attached hydrogens (tertiary/aromatic N) is 5. The van der Waals surface area contributed by atoms with Crippen LogP contribution in [0.25, 0.3) is 104 Å². The van der Waals surface area contributed by atoms with Gasteiger partial charge in [-0.1, -0.05) is 146 Å². The van der Waals surface area contributed by atoms with E-state index in [1.807, 2.05) is 84.3 Å². The molecule has 4 aromatic heterocycles. The van der Waals surface area contributed by atoms with Gasteiger partial charge in [-0.15, -0.1) is 11.3 Å². The van der Waals surface area contributed by atoms with Gasteiger partial charge in [0, 0.05) is 70.6 Å². The lowest BCUT2D eigenvalue weighted by molar-refractivity contribution is 1.07. The summed E-state index contributed by atoms with van der Waals surface area (Å²) in [6.07, 6.45) is 1.97. The van der Waals surface area contributed by atoms with Gasteiger partial charge in [0.1, 0.15) is 0 Å². The predicted molar refractivity (Wildman–Crippen MR) is 232 cm³/mol. The van der Waals surface area contributed by atoms with E-state index in [2.05, 4.69) is 120 Å². The van der Waals surface area contributed by atoms with Gasteiger partial charge in [0.05, 0.1) is 16.7 Å². The van der Waals surface area contributed by atoms with E-state index in [1.165, 1.54) is 42.0 Å². The number of aromatic nitrogens is 5. The van der Waals surface area contributed by atoms with Crippen molar-refractivity contribution in [3.05, 3.63) is 188 Å². The highest BCUT2D eigenvalue weighted by Gasteiger charge is 2.22. The molecule has 11 aromatic rings. The lowest BCUT2D eigenvalue weighted by Crippen LogP contribution is -2.02. The molecule has 0 atom stereocenters. The molecule has 0 bridgehead atoms. The molecule has 0 spiro atoms. The maximum Gasteiger partial charge on any atom is 0.166 e. The first-order chi connectivity index (χ1) is 27.8. The quantitative estimate of drug-likeness (QED) is 0.171. The second-order valence-corrected chi connectivity index (χ2v) is 14.9. The van der Waals surface area contributed by atoms with Crippen molar-refractivity contribution in [2.24, 2.45) is 0 Å². The summed E-state index contributed by atoms with van der Waals surface area (Å²) in [4.78, 5) is 20.6. The van der Waals surface area contributed by atoms with Gasteiger partial charge >= 0.3 is 0 Å². The predicted octanol–water partition coefficient (Wildman–Crippen LogP) is 13.1. The molecule has 0 aliphatic carbocycles. The Hall–Kier alpha value is -7.28. The summed E-state index contributed by atoms with van der Waals surface area (Å²) in [6.45, 7) is 0. The fourth-order valence-corrected chi connectivity index (χ4v) is 9.11. The van der Waals surface area contributed by atoms with Crippen molar-refractivity contribution in [3.8, 4) is 62.2 Å². The highest BCUT2D eigenvalue weighted by molar-refractivity contribution is 7.26. The highest BCUT2D eigenvalue weighted by Crippen LogP contribution is 2.45. The number of hydrogen-bond donors (Lipinski definition) is 0. The smallest absolute Gasteiger partial charge is 0.166 e. The zero-order valence-electron chi connectivity index (χ0n) is 30.0. The van der Waals surface area contributed by atoms with Crippen molar-refractivity contribution in [3.63, 3.8) is 0 Å². The van der Waals surface area contributed by atoms with Crippen LogP contribution in [-0.4, -0.2) is 24.5 Å². The first-order valence-corrected chi connectivity index (χ1v) is 19.5. The minimum Gasteiger partial charge on any atom is -0.309 e. The van der Waals surface area contributed by atoms with Gasteiger partial charge in [-0.3, -0.25) is 4.98 Å². The molecule has 56 heavy (non-hydrogen) atoms. The van der Waals surface area contributed by atoms with E-state index in [9.17, 15) is 0 Å². The van der Waals surface area contributed by atoms with E-state index < -0.39 is 0 Å². The molecule has 0 saturated carbocycles. The molecule has 7 aromatic carbocycles. The third kappa shape index (κ3) is 5.38. The van der Waals surface area contributed by atoms with Gasteiger partial charge in [-0.2, -0.15) is 0 Å². The lowest BCUT2D eigenvalue weighted by atomic mass is 9.98. The summed E-state index contributed by atoms with van der Waals surface area (Å²) in [7, 11) is 0. The van der Waals surface area contributed by atoms with E-state index in [0.29, 0.717) is 17.5 Å². The second-order valence-electron chi connectivity index (χ2n) is 13.9. The Morgan fingerprint density at radius 3 is 1.68 bits per heavy atom. The molecule has 0 amide bonds. The molecule has 4 heterocycles. The zero-order valence-corrected chi connectivity index (χ0v) is 30.9. The van der Waals surface area contributed by atoms with Crippen molar-refractivity contribution < 1.29 is 0 Å². The number of para-hydroxylation sites is 2. The van der Waals surface area contributed by atoms with Gasteiger partial charge < -0.3 is 4.57 Å². The Labute approximate surface area is 326 Å². The molecule has 0 aliphatic heterocycles. The highest BCUT2D eigenvalue weighted by atomic mass is 32.1. The van der Waals surface area contributed by atoms with Crippen molar-refractivity contribution in [1.29, 1.82) is 0 Å². The van der Waals surface area contributed by atoms with Crippen LogP contribution in [0.15, 0.2) is 188 Å². The van der Waals surface area contributed by atoms with Crippen LogP contribution in [0.1, 0.15) is 0 Å². The third-order valence-corrected chi connectivity index (χ3v) is 11.7. The number of fused-ring (bicyclic) bond motifs is 6. The van der Waals surface area contributed by atoms with Crippen molar-refractivity contribution in [2.75, 3.05) is 0 Å². The van der Waals surface area contributed by atoms with Gasteiger partial charge in [0.2, 0.25) is 0 Å². The number of pyridine rings is 1. The molecule has 0 saturated heterocycles. The minimum atomic E-state index is 0.574. The molecule has 262 valence electrons. The molecular weight excluding hydrogens is 703 g/mol. The number of rotatable bonds is 6. The summed E-state index contributed by atoms with van der Waals surface area (Å²) < 4.78 is 4.79. The van der Waals surface area contributed by atoms with E-state index in [1.54, 1.807) is 0 Å². The van der Waals surface area contributed by atoms with Crippen molar-refractivity contribution in [2.45, 2.75) is 0 Å². The van der Waals surface area contributed by atoms with Crippen LogP contribution in [0.4, 0.5) is 0 Å². The van der Waals surface area contributed by atoms with Gasteiger partial charge in [-0.25, -0.2) is 15.0 Å². The average molecular weight is 734 g/mol. The monoisotopic (exact) mass is 733 g/mol. The Kier molecular flexibility index (Phi) is 7.60. The largest absolute Gasteiger partial charge is 0.309 e. The van der Waals surface area contributed by atoms with Gasteiger partial charge in [-0.05, 0) is 42.0 Å². The summed E-state index contributed by atoms with van der Waals surface area (Å²) in [5, 5.41) is 4.90. The van der Waals surface area contributed by atoms with E-state index in [-0.39, 0.29) is 0 Å². The first kappa shape index (κ1) is 32.2. The normalized spacial score (nSPS) is 11.6. The van der Waals surface area contributed by atoms with Crippen LogP contribution in [0.5, 0.6) is 0 Å². The summed E-state index contributed by atoms with van der Waals surface area (Å²) >= 11 is 1.81. The fourth-order valence-electron chi connectivity index (χ4n) is 7.87. The molecule has 0 unspecified atom stereocenters. The maximum atomic E-state index is 5.27. The van der Waals surface area contributed by atoms with Crippen LogP contribution in [0, 0.1) is 0 Å². The fraction of sp³-hybridized carbons (Fsp3) is 0. The molecule has 0 N–H and O–H groups in total. The van der Waals surface area contributed by atoms with Gasteiger partial charge in [0.15, 0.2) is 17.5 Å². The minimum absolute atomic E-state index is 0.574. The maximum absolute atomic E-state index is 5.27. The Balaban J connectivity index is 1.17. The zero-order chi connectivity index (χ0) is 37.0. The van der Waals surface area contributed by atoms with Crippen molar-refractivity contribution in [1.82, 2.24) is 24.5 Å². The molecule has 11 rings (SSSR count). The van der Waals surface area contributed by atoms with E-state index in [4.69, 9.17) is 19.9 Å². The van der Waals surface area contributed by atoms with Crippen LogP contribution >= 0.6 is 11.3 Å². The Morgan fingerprint density at radius 1 is 0.393 bits per heavy atom. The molecular formula is C50H31N5S. The Morgan fingerprint density at radius 2 is 0.982 bits per heavy atom. The van der Waals surface area contributed by atoms with Crippen LogP contribution < -0.4 is 0 Å². The number of thiophene rings is 1. The average Bonchev–Trinajstić information content (AvgIpc) is 3.81. The number of benzene rings is 7. The van der Waals surface area contributed by atoms with E-state index in [0.717, 1.165) is 44.8 Å². The third-order valence-electron chi connectivity index (χ3n) is 10.5. The summed E-state index contributed by atoms with van der Waals surface area (Å²) in [5.41, 5.74) is 10.2. The van der Waals surface area contributed by atoms with Gasteiger partial charge in [0.25, 0.3) is 0 Å². The molecule has 0 fully saturated rings. The summed E-state index contributed by atoms with van der Waals surface area (Å²) in [6, 6.07) is 63.4. The topological polar surface area (TPSA) is 56.5 Å². The molecule has 5 nitrogen and oxygen atoms in total. The standard InChI is InChI=1S/C50H31N5S/c1-5-16-32(17-6-1)35-28-42(50-53-48(33-18-7-2-8-19-33)52-49(54-50)34-20-9-3-10-21-34)46(51-31-35)39-26-15-25-38-41-29-44-40(30-45(41)56-47(38)39)37-24-13-14-27-43(37)55(44)36-22-11-4-12-23-36/h1-31H. The van der Waals surface area contributed by atoms with Crippen LogP contribution in [0.2, 0.25) is 0 Å². The molecule has 0 aliphatic rings. The van der Waals surface area contributed by atoms with Crippen LogP contribution in [-0.2, 0) is 0 Å². The molecule has 6 heteroatoms. The first-order valence-electron chi connectivity index (χ1n) is 18.6. The lowest BCUT2D eigenvalue weighted by Gasteiger charge is -2.14. The summed E-state index contributed by atoms with van der Waals surface area (Å²) in [5.74, 6) is 1.80. The van der Waals surface area contributed by atoms with Crippen molar-refractivity contribution >= 4 is 53.3 Å².